The minimum absolute atomic E-state index is 0.908. The summed E-state index contributed by atoms with van der Waals surface area (Å²) in [5.74, 6) is 0. The number of anilines is 9. The van der Waals surface area contributed by atoms with Crippen LogP contribution >= 0.6 is 0 Å². The fraction of sp³-hybridized carbons (Fsp3) is 0. The van der Waals surface area contributed by atoms with Crippen molar-refractivity contribution in [3.05, 3.63) is 373 Å². The summed E-state index contributed by atoms with van der Waals surface area (Å²) in [5, 5.41) is 0. The van der Waals surface area contributed by atoms with Crippen LogP contribution in [0.5, 0.6) is 0 Å². The van der Waals surface area contributed by atoms with E-state index in [1.807, 2.05) is 0 Å². The third-order valence-corrected chi connectivity index (χ3v) is 15.4. The van der Waals surface area contributed by atoms with Crippen LogP contribution in [-0.4, -0.2) is 4.98 Å². The van der Waals surface area contributed by atoms with Crippen LogP contribution < -0.4 is 14.7 Å². The Bertz CT molecular complexity index is 3810. The predicted octanol–water partition coefficient (Wildman–Crippen LogP) is 23.0. The molecular formula is C83H62N4. The summed E-state index contributed by atoms with van der Waals surface area (Å²) in [7, 11) is 0. The fourth-order valence-electron chi connectivity index (χ4n) is 10.9. The van der Waals surface area contributed by atoms with Crippen molar-refractivity contribution in [1.29, 1.82) is 0 Å². The van der Waals surface area contributed by atoms with E-state index in [-0.39, 0.29) is 0 Å². The molecule has 13 rings (SSSR count). The van der Waals surface area contributed by atoms with E-state index >= 15 is 0 Å². The molecule has 0 aliphatic carbocycles. The lowest BCUT2D eigenvalue weighted by Crippen LogP contribution is -2.09. The highest BCUT2D eigenvalue weighted by Crippen LogP contribution is 2.38. The van der Waals surface area contributed by atoms with Crippen LogP contribution in [0, 0.1) is 0 Å². The fourth-order valence-corrected chi connectivity index (χ4v) is 10.9. The van der Waals surface area contributed by atoms with Gasteiger partial charge in [0.15, 0.2) is 0 Å². The van der Waals surface area contributed by atoms with Gasteiger partial charge in [0.25, 0.3) is 0 Å². The zero-order valence-corrected chi connectivity index (χ0v) is 48.1. The molecule has 0 bridgehead atoms. The normalized spacial score (nSPS) is 11.3. The maximum Gasteiger partial charge on any atom is 0.0715 e. The van der Waals surface area contributed by atoms with E-state index in [1.54, 1.807) is 0 Å². The van der Waals surface area contributed by atoms with Crippen LogP contribution in [0.25, 0.3) is 70.1 Å². The first kappa shape index (κ1) is 54.6. The average molecular weight is 1120 g/mol. The Balaban J connectivity index is 0.750. The Hall–Kier alpha value is -11.6. The second-order valence-corrected chi connectivity index (χ2v) is 21.3. The number of rotatable bonds is 18. The van der Waals surface area contributed by atoms with Gasteiger partial charge in [-0.3, -0.25) is 0 Å². The van der Waals surface area contributed by atoms with E-state index in [0.29, 0.717) is 0 Å². The second-order valence-electron chi connectivity index (χ2n) is 21.3. The first-order valence-corrected chi connectivity index (χ1v) is 29.5. The molecule has 0 radical (unpaired) electrons. The van der Waals surface area contributed by atoms with Gasteiger partial charge >= 0.3 is 0 Å². The number of para-hydroxylation sites is 6. The summed E-state index contributed by atoms with van der Waals surface area (Å²) >= 11 is 0. The summed E-state index contributed by atoms with van der Waals surface area (Å²) in [6, 6.07) is 120. The number of hydrogen-bond acceptors (Lipinski definition) is 4. The quantitative estimate of drug-likeness (QED) is 0.0799. The molecule has 1 aromatic heterocycles. The van der Waals surface area contributed by atoms with Crippen LogP contribution in [-0.2, 0) is 0 Å². The van der Waals surface area contributed by atoms with E-state index in [0.717, 1.165) is 118 Å². The van der Waals surface area contributed by atoms with Crippen LogP contribution in [0.3, 0.4) is 0 Å². The molecule has 0 N–H and O–H groups in total. The Kier molecular flexibility index (Phi) is 16.5. The number of aromatic nitrogens is 1. The van der Waals surface area contributed by atoms with Gasteiger partial charge in [-0.1, -0.05) is 255 Å². The van der Waals surface area contributed by atoms with E-state index in [9.17, 15) is 0 Å². The average Bonchev–Trinajstić information content (AvgIpc) is 3.51. The van der Waals surface area contributed by atoms with Gasteiger partial charge in [-0.2, -0.15) is 0 Å². The lowest BCUT2D eigenvalue weighted by molar-refractivity contribution is 1.28. The van der Waals surface area contributed by atoms with Crippen molar-refractivity contribution in [2.24, 2.45) is 0 Å². The van der Waals surface area contributed by atoms with Gasteiger partial charge < -0.3 is 14.7 Å². The van der Waals surface area contributed by atoms with Crippen LogP contribution in [0.2, 0.25) is 0 Å². The molecule has 4 nitrogen and oxygen atoms in total. The van der Waals surface area contributed by atoms with Gasteiger partial charge in [0.1, 0.15) is 0 Å². The van der Waals surface area contributed by atoms with Crippen molar-refractivity contribution >= 4 is 87.6 Å². The lowest BCUT2D eigenvalue weighted by atomic mass is 9.98. The number of hydrogen-bond donors (Lipinski definition) is 0. The molecule has 0 atom stereocenters. The molecule has 12 aromatic carbocycles. The van der Waals surface area contributed by atoms with Gasteiger partial charge in [-0.15, -0.1) is 0 Å². The number of pyridine rings is 1. The summed E-state index contributed by atoms with van der Waals surface area (Å²) in [6.45, 7) is 0. The molecule has 0 fully saturated rings. The minimum atomic E-state index is 0.908. The van der Waals surface area contributed by atoms with Crippen molar-refractivity contribution in [3.8, 4) is 33.6 Å². The lowest BCUT2D eigenvalue weighted by Gasteiger charge is -2.25. The van der Waals surface area contributed by atoms with E-state index in [4.69, 9.17) is 4.98 Å². The molecule has 0 saturated heterocycles. The van der Waals surface area contributed by atoms with Crippen LogP contribution in [0.4, 0.5) is 51.2 Å². The number of benzene rings is 12. The Labute approximate surface area is 511 Å². The molecular weight excluding hydrogens is 1050 g/mol. The van der Waals surface area contributed by atoms with Crippen molar-refractivity contribution < 1.29 is 0 Å². The third-order valence-electron chi connectivity index (χ3n) is 15.4. The predicted molar refractivity (Wildman–Crippen MR) is 371 cm³/mol. The van der Waals surface area contributed by atoms with Gasteiger partial charge in [-0.05, 0) is 166 Å². The first-order chi connectivity index (χ1) is 43.1. The Morgan fingerprint density at radius 1 is 0.172 bits per heavy atom. The maximum absolute atomic E-state index is 5.35. The Morgan fingerprint density at radius 2 is 0.356 bits per heavy atom. The van der Waals surface area contributed by atoms with Gasteiger partial charge in [0.05, 0.1) is 11.4 Å². The zero-order chi connectivity index (χ0) is 58.4. The second kappa shape index (κ2) is 26.3. The highest BCUT2D eigenvalue weighted by atomic mass is 15.2. The molecule has 0 unspecified atom stereocenters. The summed E-state index contributed by atoms with van der Waals surface area (Å²) in [4.78, 5) is 12.2. The molecule has 1 heterocycles. The summed E-state index contributed by atoms with van der Waals surface area (Å²) < 4.78 is 0. The molecule has 0 amide bonds. The SMILES string of the molecule is C(=C\c1ccc(N(c2ccccc2)c2ccccc2)cc1)/c1ccc(-c2cc(-c3ccc(/C=C/c4ccc(N(c5ccccc5)c5ccccc5)cc4)cc3)nc(-c3ccc(/C=C/c4ccc(N(c5ccccc5)c5ccccc5)cc4)cc3)c2)cc1. The van der Waals surface area contributed by atoms with Gasteiger partial charge in [0.2, 0.25) is 0 Å². The van der Waals surface area contributed by atoms with Crippen molar-refractivity contribution in [2.45, 2.75) is 0 Å². The van der Waals surface area contributed by atoms with Crippen LogP contribution in [0.15, 0.2) is 340 Å². The van der Waals surface area contributed by atoms with Crippen LogP contribution in [0.1, 0.15) is 33.4 Å². The highest BCUT2D eigenvalue weighted by Gasteiger charge is 2.16. The topological polar surface area (TPSA) is 22.6 Å². The van der Waals surface area contributed by atoms with Crippen molar-refractivity contribution in [2.75, 3.05) is 14.7 Å². The third kappa shape index (κ3) is 13.3. The van der Waals surface area contributed by atoms with E-state index < -0.39 is 0 Å². The molecule has 0 spiro atoms. The smallest absolute Gasteiger partial charge is 0.0715 e. The minimum Gasteiger partial charge on any atom is -0.311 e. The van der Waals surface area contributed by atoms with Crippen molar-refractivity contribution in [3.63, 3.8) is 0 Å². The van der Waals surface area contributed by atoms with Gasteiger partial charge in [0, 0.05) is 62.3 Å². The molecule has 13 aromatic rings. The summed E-state index contributed by atoms with van der Waals surface area (Å²) in [6.07, 6.45) is 13.1. The Morgan fingerprint density at radius 3 is 0.575 bits per heavy atom. The molecule has 87 heavy (non-hydrogen) atoms. The molecule has 0 saturated carbocycles. The highest BCUT2D eigenvalue weighted by molar-refractivity contribution is 5.84. The molecule has 0 aliphatic heterocycles. The molecule has 414 valence electrons. The molecule has 4 heteroatoms. The standard InChI is InChI=1S/C83H62N4/c1-7-19-73(20-8-1)85(74-21-9-2-10-22-74)79-55-43-66(44-56-79)34-31-63-37-49-69(50-38-63)72-61-82(70-51-39-64(40-52-70)32-35-67-45-57-80(58-46-67)86(75-23-11-3-12-24-75)76-25-13-4-14-26-76)84-83(62-72)71-53-41-65(42-54-71)33-36-68-47-59-81(60-48-68)87(77-27-15-5-16-28-77)78-29-17-6-18-30-78/h1-62H/b34-31+,35-32+,36-33+. The monoisotopic (exact) mass is 1110 g/mol. The molecule has 0 aliphatic rings. The summed E-state index contributed by atoms with van der Waals surface area (Å²) in [5.41, 5.74) is 22.8. The zero-order valence-electron chi connectivity index (χ0n) is 48.1. The largest absolute Gasteiger partial charge is 0.311 e. The van der Waals surface area contributed by atoms with Gasteiger partial charge in [-0.25, -0.2) is 4.98 Å². The first-order valence-electron chi connectivity index (χ1n) is 29.5. The maximum atomic E-state index is 5.35. The van der Waals surface area contributed by atoms with Crippen molar-refractivity contribution in [1.82, 2.24) is 4.98 Å². The van der Waals surface area contributed by atoms with E-state index in [1.165, 1.54) is 0 Å². The number of nitrogens with zero attached hydrogens (tertiary/aromatic N) is 4. The van der Waals surface area contributed by atoms with E-state index in [2.05, 4.69) is 391 Å².